The summed E-state index contributed by atoms with van der Waals surface area (Å²) in [7, 11) is 0. The summed E-state index contributed by atoms with van der Waals surface area (Å²) >= 11 is 3.75. The highest BCUT2D eigenvalue weighted by Gasteiger charge is 2.16. The van der Waals surface area contributed by atoms with Crippen molar-refractivity contribution in [3.8, 4) is 11.1 Å². The van der Waals surface area contributed by atoms with Crippen molar-refractivity contribution in [2.75, 3.05) is 4.90 Å². The minimum absolute atomic E-state index is 0.643. The van der Waals surface area contributed by atoms with Crippen molar-refractivity contribution in [3.63, 3.8) is 0 Å². The molecular weight excluding hydrogens is 506 g/mol. The maximum absolute atomic E-state index is 4.52. The van der Waals surface area contributed by atoms with Gasteiger partial charge in [0.25, 0.3) is 0 Å². The number of hydrogen-bond acceptors (Lipinski definition) is 3. The number of rotatable bonds is 4. The van der Waals surface area contributed by atoms with Gasteiger partial charge in [-0.05, 0) is 79.8 Å². The number of nitrogens with zero attached hydrogens (tertiary/aromatic N) is 3. The summed E-state index contributed by atoms with van der Waals surface area (Å²) in [5.41, 5.74) is 4.44. The molecule has 0 atom stereocenters. The molecule has 0 aliphatic rings. The highest BCUT2D eigenvalue weighted by molar-refractivity contribution is 9.10. The molecule has 0 saturated heterocycles. The normalized spacial score (nSPS) is 11.5. The van der Waals surface area contributed by atoms with Crippen LogP contribution in [0.2, 0.25) is 0 Å². The minimum Gasteiger partial charge on any atom is -0.279 e. The van der Waals surface area contributed by atoms with Crippen LogP contribution in [0.4, 0.5) is 17.3 Å². The number of para-hydroxylation sites is 1. The molecule has 1 aromatic heterocycles. The number of aromatic nitrogens is 2. The van der Waals surface area contributed by atoms with E-state index >= 15 is 0 Å². The Balaban J connectivity index is 1.38. The molecule has 0 aliphatic carbocycles. The SMILES string of the molecule is Brc1ccc2ccc3c(-c4ccc(N(c5ccccc5)c5ncccn5)cc4)ccc4ccc1c2c43. The van der Waals surface area contributed by atoms with Crippen LogP contribution in [-0.4, -0.2) is 9.97 Å². The fraction of sp³-hybridized carbons (Fsp3) is 0. The smallest absolute Gasteiger partial charge is 0.234 e. The first-order valence-corrected chi connectivity index (χ1v) is 12.7. The van der Waals surface area contributed by atoms with E-state index in [0.29, 0.717) is 5.95 Å². The van der Waals surface area contributed by atoms with Crippen molar-refractivity contribution in [1.82, 2.24) is 9.97 Å². The number of benzene rings is 6. The molecule has 4 heteroatoms. The van der Waals surface area contributed by atoms with E-state index in [2.05, 4.69) is 116 Å². The van der Waals surface area contributed by atoms with Crippen molar-refractivity contribution < 1.29 is 0 Å². The standard InChI is InChI=1S/C32H20BrN3/c33-29-18-12-23-10-16-27-26(15-9-22-11-17-28(29)31(23)30(22)27)21-7-13-25(14-8-21)36(24-5-2-1-3-6-24)32-34-19-4-20-35-32/h1-20H. The summed E-state index contributed by atoms with van der Waals surface area (Å²) in [4.78, 5) is 11.1. The van der Waals surface area contributed by atoms with Gasteiger partial charge in [-0.15, -0.1) is 0 Å². The summed E-state index contributed by atoms with van der Waals surface area (Å²) in [6.07, 6.45) is 3.55. The van der Waals surface area contributed by atoms with E-state index in [9.17, 15) is 0 Å². The van der Waals surface area contributed by atoms with Crippen molar-refractivity contribution in [2.45, 2.75) is 0 Å². The largest absolute Gasteiger partial charge is 0.279 e. The average Bonchev–Trinajstić information content (AvgIpc) is 2.94. The van der Waals surface area contributed by atoms with Crippen LogP contribution < -0.4 is 4.90 Å². The first kappa shape index (κ1) is 21.0. The Hall–Kier alpha value is -4.28. The summed E-state index contributed by atoms with van der Waals surface area (Å²) < 4.78 is 1.13. The van der Waals surface area contributed by atoms with Gasteiger partial charge in [0, 0.05) is 28.2 Å². The Kier molecular flexibility index (Phi) is 4.93. The quantitative estimate of drug-likeness (QED) is 0.214. The molecule has 36 heavy (non-hydrogen) atoms. The lowest BCUT2D eigenvalue weighted by atomic mass is 9.90. The molecule has 0 radical (unpaired) electrons. The van der Waals surface area contributed by atoms with Crippen LogP contribution in [-0.2, 0) is 0 Å². The van der Waals surface area contributed by atoms with E-state index < -0.39 is 0 Å². The van der Waals surface area contributed by atoms with Gasteiger partial charge in [0.1, 0.15) is 0 Å². The van der Waals surface area contributed by atoms with E-state index in [4.69, 9.17) is 0 Å². The van der Waals surface area contributed by atoms with E-state index in [1.54, 1.807) is 12.4 Å². The molecule has 0 amide bonds. The van der Waals surface area contributed by atoms with E-state index in [1.165, 1.54) is 43.4 Å². The van der Waals surface area contributed by atoms with E-state index in [-0.39, 0.29) is 0 Å². The number of hydrogen-bond donors (Lipinski definition) is 0. The highest BCUT2D eigenvalue weighted by atomic mass is 79.9. The van der Waals surface area contributed by atoms with Gasteiger partial charge in [-0.1, -0.05) is 88.7 Å². The molecule has 7 rings (SSSR count). The zero-order chi connectivity index (χ0) is 24.1. The Morgan fingerprint density at radius 3 is 1.89 bits per heavy atom. The van der Waals surface area contributed by atoms with Crippen molar-refractivity contribution >= 4 is 65.6 Å². The Labute approximate surface area is 217 Å². The molecule has 7 aromatic rings. The molecule has 0 aliphatic heterocycles. The summed E-state index contributed by atoms with van der Waals surface area (Å²) in [5, 5.41) is 7.67. The van der Waals surface area contributed by atoms with Crippen molar-refractivity contribution in [1.29, 1.82) is 0 Å². The lowest BCUT2D eigenvalue weighted by molar-refractivity contribution is 1.08. The molecule has 0 fully saturated rings. The van der Waals surface area contributed by atoms with Gasteiger partial charge in [-0.25, -0.2) is 9.97 Å². The van der Waals surface area contributed by atoms with Crippen LogP contribution in [0, 0.1) is 0 Å². The predicted octanol–water partition coefficient (Wildman–Crippen LogP) is 9.27. The molecule has 0 N–H and O–H groups in total. The van der Waals surface area contributed by atoms with Crippen molar-refractivity contribution in [3.05, 3.63) is 126 Å². The Bertz CT molecular complexity index is 1790. The highest BCUT2D eigenvalue weighted by Crippen LogP contribution is 2.42. The summed E-state index contributed by atoms with van der Waals surface area (Å²) in [5.74, 6) is 0.643. The molecule has 6 aromatic carbocycles. The summed E-state index contributed by atoms with van der Waals surface area (Å²) in [6.45, 7) is 0. The first-order valence-electron chi connectivity index (χ1n) is 11.9. The minimum atomic E-state index is 0.643. The van der Waals surface area contributed by atoms with Gasteiger partial charge in [0.2, 0.25) is 5.95 Å². The van der Waals surface area contributed by atoms with Gasteiger partial charge >= 0.3 is 0 Å². The van der Waals surface area contributed by atoms with Gasteiger partial charge in [-0.3, -0.25) is 4.90 Å². The fourth-order valence-corrected chi connectivity index (χ4v) is 5.63. The van der Waals surface area contributed by atoms with Crippen LogP contribution in [0.1, 0.15) is 0 Å². The molecule has 1 heterocycles. The van der Waals surface area contributed by atoms with Crippen LogP contribution >= 0.6 is 15.9 Å². The summed E-state index contributed by atoms with van der Waals surface area (Å²) in [6, 6.07) is 38.5. The lowest BCUT2D eigenvalue weighted by Gasteiger charge is -2.23. The van der Waals surface area contributed by atoms with Crippen LogP contribution in [0.25, 0.3) is 43.4 Å². The molecule has 0 spiro atoms. The fourth-order valence-electron chi connectivity index (χ4n) is 5.17. The van der Waals surface area contributed by atoms with Crippen LogP contribution in [0.15, 0.2) is 126 Å². The molecule has 170 valence electrons. The third-order valence-electron chi connectivity index (χ3n) is 6.81. The van der Waals surface area contributed by atoms with E-state index in [0.717, 1.165) is 15.8 Å². The maximum Gasteiger partial charge on any atom is 0.234 e. The van der Waals surface area contributed by atoms with E-state index in [1.807, 2.05) is 24.3 Å². The Morgan fingerprint density at radius 2 is 1.14 bits per heavy atom. The second-order valence-electron chi connectivity index (χ2n) is 8.85. The second kappa shape index (κ2) is 8.43. The molecule has 3 nitrogen and oxygen atoms in total. The zero-order valence-corrected chi connectivity index (χ0v) is 20.9. The van der Waals surface area contributed by atoms with Crippen LogP contribution in [0.5, 0.6) is 0 Å². The monoisotopic (exact) mass is 525 g/mol. The third-order valence-corrected chi connectivity index (χ3v) is 7.51. The predicted molar refractivity (Wildman–Crippen MR) is 154 cm³/mol. The average molecular weight is 526 g/mol. The molecular formula is C32H20BrN3. The number of anilines is 3. The lowest BCUT2D eigenvalue weighted by Crippen LogP contribution is -2.12. The van der Waals surface area contributed by atoms with Gasteiger partial charge in [0.05, 0.1) is 0 Å². The molecule has 0 saturated carbocycles. The van der Waals surface area contributed by atoms with Crippen LogP contribution in [0.3, 0.4) is 0 Å². The number of halogens is 1. The first-order chi connectivity index (χ1) is 17.8. The Morgan fingerprint density at radius 1 is 0.528 bits per heavy atom. The van der Waals surface area contributed by atoms with Crippen molar-refractivity contribution in [2.24, 2.45) is 0 Å². The molecule has 0 bridgehead atoms. The van der Waals surface area contributed by atoms with Gasteiger partial charge in [-0.2, -0.15) is 0 Å². The zero-order valence-electron chi connectivity index (χ0n) is 19.3. The third kappa shape index (κ3) is 3.34. The second-order valence-corrected chi connectivity index (χ2v) is 9.70. The van der Waals surface area contributed by atoms with Gasteiger partial charge in [0.15, 0.2) is 0 Å². The molecule has 0 unspecified atom stereocenters. The van der Waals surface area contributed by atoms with Gasteiger partial charge < -0.3 is 0 Å². The maximum atomic E-state index is 4.52. The topological polar surface area (TPSA) is 29.0 Å².